The van der Waals surface area contributed by atoms with Gasteiger partial charge in [-0.05, 0) is 36.7 Å². The van der Waals surface area contributed by atoms with Gasteiger partial charge in [0, 0.05) is 31.9 Å². The number of hydrogen-bond acceptors (Lipinski definition) is 2. The highest BCUT2D eigenvalue weighted by atomic mass is 19.1. The molecule has 1 aromatic carbocycles. The zero-order valence-corrected chi connectivity index (χ0v) is 10.7. The minimum atomic E-state index is -0.0801. The second-order valence-electron chi connectivity index (χ2n) is 4.55. The fourth-order valence-corrected chi connectivity index (χ4v) is 2.35. The Balaban J connectivity index is 2.08. The van der Waals surface area contributed by atoms with Gasteiger partial charge in [-0.25, -0.2) is 4.39 Å². The number of hydrogen-bond donors (Lipinski definition) is 0. The van der Waals surface area contributed by atoms with Gasteiger partial charge in [-0.2, -0.15) is 0 Å². The molecular weight excluding hydrogens is 215 g/mol. The normalized spacial score (nSPS) is 17.5. The zero-order chi connectivity index (χ0) is 12.3. The summed E-state index contributed by atoms with van der Waals surface area (Å²) in [6.07, 6.45) is 0.759. The number of benzene rings is 1. The van der Waals surface area contributed by atoms with E-state index in [1.807, 2.05) is 19.1 Å². The number of likely N-dealkylation sites (N-methyl/N-ethyl adjacent to an activating group) is 1. The maximum Gasteiger partial charge on any atom is 0.126 e. The molecule has 1 aromatic rings. The van der Waals surface area contributed by atoms with E-state index in [2.05, 4.69) is 16.7 Å². The molecule has 0 saturated carbocycles. The van der Waals surface area contributed by atoms with E-state index in [-0.39, 0.29) is 5.82 Å². The standard InChI is InChI=1S/C14H21FN2/c1-3-12-11-13(5-6-14(12)15)17-9-7-16(4-2)8-10-17/h5-6,11H,3-4,7-10H2,1-2H3. The van der Waals surface area contributed by atoms with Gasteiger partial charge in [0.15, 0.2) is 0 Å². The lowest BCUT2D eigenvalue weighted by Gasteiger charge is -2.35. The van der Waals surface area contributed by atoms with E-state index < -0.39 is 0 Å². The largest absolute Gasteiger partial charge is 0.369 e. The number of piperazine rings is 1. The van der Waals surface area contributed by atoms with Gasteiger partial charge in [0.2, 0.25) is 0 Å². The van der Waals surface area contributed by atoms with Crippen LogP contribution in [0.2, 0.25) is 0 Å². The summed E-state index contributed by atoms with van der Waals surface area (Å²) in [6.45, 7) is 9.62. The van der Waals surface area contributed by atoms with E-state index in [9.17, 15) is 4.39 Å². The number of nitrogens with zero attached hydrogens (tertiary/aromatic N) is 2. The van der Waals surface area contributed by atoms with Crippen LogP contribution in [0, 0.1) is 5.82 Å². The predicted octanol–water partition coefficient (Wildman–Crippen LogP) is 2.53. The maximum absolute atomic E-state index is 13.4. The molecule has 0 spiro atoms. The van der Waals surface area contributed by atoms with Crippen molar-refractivity contribution in [3.05, 3.63) is 29.6 Å². The molecule has 0 bridgehead atoms. The average molecular weight is 236 g/mol. The molecule has 1 heterocycles. The second-order valence-corrected chi connectivity index (χ2v) is 4.55. The Morgan fingerprint density at radius 1 is 1.12 bits per heavy atom. The third-order valence-corrected chi connectivity index (χ3v) is 3.59. The van der Waals surface area contributed by atoms with Crippen LogP contribution in [0.5, 0.6) is 0 Å². The lowest BCUT2D eigenvalue weighted by Crippen LogP contribution is -2.46. The SMILES string of the molecule is CCc1cc(N2CCN(CC)CC2)ccc1F. The van der Waals surface area contributed by atoms with E-state index in [0.717, 1.165) is 44.7 Å². The smallest absolute Gasteiger partial charge is 0.126 e. The van der Waals surface area contributed by atoms with Crippen molar-refractivity contribution >= 4 is 5.69 Å². The highest BCUT2D eigenvalue weighted by Gasteiger charge is 2.16. The summed E-state index contributed by atoms with van der Waals surface area (Å²) in [4.78, 5) is 4.80. The Morgan fingerprint density at radius 3 is 2.41 bits per heavy atom. The molecule has 3 heteroatoms. The van der Waals surface area contributed by atoms with Crippen LogP contribution in [0.3, 0.4) is 0 Å². The van der Waals surface area contributed by atoms with Crippen LogP contribution in [-0.2, 0) is 6.42 Å². The lowest BCUT2D eigenvalue weighted by molar-refractivity contribution is 0.271. The molecule has 1 aliphatic rings. The van der Waals surface area contributed by atoms with Gasteiger partial charge in [-0.3, -0.25) is 0 Å². The molecule has 2 nitrogen and oxygen atoms in total. The summed E-state index contributed by atoms with van der Waals surface area (Å²) in [5, 5.41) is 0. The summed E-state index contributed by atoms with van der Waals surface area (Å²) in [6, 6.07) is 5.49. The van der Waals surface area contributed by atoms with Crippen LogP contribution >= 0.6 is 0 Å². The maximum atomic E-state index is 13.4. The van der Waals surface area contributed by atoms with Crippen LogP contribution in [0.15, 0.2) is 18.2 Å². The van der Waals surface area contributed by atoms with Crippen molar-refractivity contribution in [3.8, 4) is 0 Å². The number of aryl methyl sites for hydroxylation is 1. The molecular formula is C14H21FN2. The summed E-state index contributed by atoms with van der Waals surface area (Å²) in [5.74, 6) is -0.0801. The molecule has 0 atom stereocenters. The zero-order valence-electron chi connectivity index (χ0n) is 10.7. The highest BCUT2D eigenvalue weighted by molar-refractivity contribution is 5.49. The van der Waals surface area contributed by atoms with Crippen LogP contribution in [-0.4, -0.2) is 37.6 Å². The van der Waals surface area contributed by atoms with Gasteiger partial charge >= 0.3 is 0 Å². The molecule has 0 N–H and O–H groups in total. The molecule has 94 valence electrons. The third-order valence-electron chi connectivity index (χ3n) is 3.59. The second kappa shape index (κ2) is 5.50. The summed E-state index contributed by atoms with van der Waals surface area (Å²) < 4.78 is 13.4. The van der Waals surface area contributed by atoms with Gasteiger partial charge in [0.1, 0.15) is 5.82 Å². The fourth-order valence-electron chi connectivity index (χ4n) is 2.35. The molecule has 0 radical (unpaired) electrons. The summed E-state index contributed by atoms with van der Waals surface area (Å²) in [5.41, 5.74) is 1.99. The number of anilines is 1. The Morgan fingerprint density at radius 2 is 1.82 bits per heavy atom. The van der Waals surface area contributed by atoms with Gasteiger partial charge in [0.25, 0.3) is 0 Å². The highest BCUT2D eigenvalue weighted by Crippen LogP contribution is 2.20. The van der Waals surface area contributed by atoms with E-state index >= 15 is 0 Å². The van der Waals surface area contributed by atoms with Crippen molar-refractivity contribution in [1.29, 1.82) is 0 Å². The molecule has 0 aromatic heterocycles. The van der Waals surface area contributed by atoms with Crippen molar-refractivity contribution in [1.82, 2.24) is 4.90 Å². The predicted molar refractivity (Wildman–Crippen MR) is 70.1 cm³/mol. The summed E-state index contributed by atoms with van der Waals surface area (Å²) >= 11 is 0. The van der Waals surface area contributed by atoms with Crippen molar-refractivity contribution < 1.29 is 4.39 Å². The molecule has 17 heavy (non-hydrogen) atoms. The lowest BCUT2D eigenvalue weighted by atomic mass is 10.1. The van der Waals surface area contributed by atoms with Gasteiger partial charge in [-0.1, -0.05) is 13.8 Å². The minimum Gasteiger partial charge on any atom is -0.369 e. The molecule has 0 unspecified atom stereocenters. The van der Waals surface area contributed by atoms with E-state index in [4.69, 9.17) is 0 Å². The Kier molecular flexibility index (Phi) is 4.00. The fraction of sp³-hybridized carbons (Fsp3) is 0.571. The van der Waals surface area contributed by atoms with Crippen LogP contribution in [0.1, 0.15) is 19.4 Å². The minimum absolute atomic E-state index is 0.0801. The first-order chi connectivity index (χ1) is 8.24. The van der Waals surface area contributed by atoms with Crippen molar-refractivity contribution in [3.63, 3.8) is 0 Å². The van der Waals surface area contributed by atoms with Gasteiger partial charge in [0.05, 0.1) is 0 Å². The van der Waals surface area contributed by atoms with Crippen LogP contribution in [0.4, 0.5) is 10.1 Å². The molecule has 0 amide bonds. The van der Waals surface area contributed by atoms with Crippen molar-refractivity contribution in [2.45, 2.75) is 20.3 Å². The Bertz CT molecular complexity index is 370. The first kappa shape index (κ1) is 12.4. The van der Waals surface area contributed by atoms with Crippen molar-refractivity contribution in [2.75, 3.05) is 37.6 Å². The van der Waals surface area contributed by atoms with Crippen LogP contribution in [0.25, 0.3) is 0 Å². The quantitative estimate of drug-likeness (QED) is 0.795. The molecule has 1 fully saturated rings. The molecule has 0 aliphatic carbocycles. The molecule has 1 aliphatic heterocycles. The van der Waals surface area contributed by atoms with Gasteiger partial charge in [-0.15, -0.1) is 0 Å². The topological polar surface area (TPSA) is 6.48 Å². The van der Waals surface area contributed by atoms with Crippen molar-refractivity contribution in [2.24, 2.45) is 0 Å². The Hall–Kier alpha value is -1.09. The monoisotopic (exact) mass is 236 g/mol. The van der Waals surface area contributed by atoms with Gasteiger partial charge < -0.3 is 9.80 Å². The first-order valence-corrected chi connectivity index (χ1v) is 6.50. The number of rotatable bonds is 3. The summed E-state index contributed by atoms with van der Waals surface area (Å²) in [7, 11) is 0. The molecule has 2 rings (SSSR count). The molecule has 1 saturated heterocycles. The van der Waals surface area contributed by atoms with Crippen LogP contribution < -0.4 is 4.90 Å². The third kappa shape index (κ3) is 2.78. The van der Waals surface area contributed by atoms with E-state index in [1.165, 1.54) is 5.69 Å². The van der Waals surface area contributed by atoms with E-state index in [1.54, 1.807) is 6.07 Å². The van der Waals surface area contributed by atoms with E-state index in [0.29, 0.717) is 0 Å². The number of halogens is 1. The average Bonchev–Trinajstić information content (AvgIpc) is 2.39. The Labute approximate surface area is 103 Å². The first-order valence-electron chi connectivity index (χ1n) is 6.50.